The molecule has 2 fully saturated rings. The average Bonchev–Trinajstić information content (AvgIpc) is 2.70. The first kappa shape index (κ1) is 20.2. The lowest BCUT2D eigenvalue weighted by atomic mass is 9.68. The Labute approximate surface area is 170 Å². The van der Waals surface area contributed by atoms with Crippen LogP contribution in [-0.4, -0.2) is 0 Å². The van der Waals surface area contributed by atoms with E-state index in [0.717, 1.165) is 23.7 Å². The van der Waals surface area contributed by atoms with E-state index in [4.69, 9.17) is 0 Å². The van der Waals surface area contributed by atoms with Crippen LogP contribution in [0.3, 0.4) is 0 Å². The van der Waals surface area contributed by atoms with Crippen LogP contribution >= 0.6 is 15.9 Å². The van der Waals surface area contributed by atoms with E-state index in [9.17, 15) is 0 Å². The van der Waals surface area contributed by atoms with Crippen LogP contribution in [0, 0.1) is 17.8 Å². The first-order valence-electron chi connectivity index (χ1n) is 11.2. The third-order valence-electron chi connectivity index (χ3n) is 7.12. The van der Waals surface area contributed by atoms with Gasteiger partial charge < -0.3 is 0 Å². The molecule has 0 aliphatic heterocycles. The zero-order chi connectivity index (χ0) is 18.2. The van der Waals surface area contributed by atoms with E-state index < -0.39 is 0 Å². The second kappa shape index (κ2) is 10.7. The summed E-state index contributed by atoms with van der Waals surface area (Å²) in [6.45, 7) is 2.28. The molecule has 0 aromatic heterocycles. The van der Waals surface area contributed by atoms with Crippen molar-refractivity contribution in [2.24, 2.45) is 17.8 Å². The molecule has 0 saturated heterocycles. The number of hydrogen-bond donors (Lipinski definition) is 0. The minimum atomic E-state index is 0.823. The largest absolute Gasteiger partial charge is 0.0745 e. The van der Waals surface area contributed by atoms with Crippen molar-refractivity contribution in [3.05, 3.63) is 46.5 Å². The third kappa shape index (κ3) is 5.72. The predicted octanol–water partition coefficient (Wildman–Crippen LogP) is 8.41. The van der Waals surface area contributed by atoms with Gasteiger partial charge in [0, 0.05) is 0 Å². The molecule has 2 saturated carbocycles. The van der Waals surface area contributed by atoms with E-state index >= 15 is 0 Å². The zero-order valence-corrected chi connectivity index (χ0v) is 18.2. The molecule has 3 rings (SSSR count). The van der Waals surface area contributed by atoms with Gasteiger partial charge in [-0.1, -0.05) is 66.0 Å². The minimum Gasteiger partial charge on any atom is -0.0745 e. The Balaban J connectivity index is 1.43. The van der Waals surface area contributed by atoms with E-state index in [1.165, 1.54) is 82.6 Å². The molecule has 2 aliphatic carbocycles. The van der Waals surface area contributed by atoms with Gasteiger partial charge >= 0.3 is 0 Å². The Morgan fingerprint density at radius 2 is 1.46 bits per heavy atom. The van der Waals surface area contributed by atoms with Crippen molar-refractivity contribution < 1.29 is 0 Å². The lowest BCUT2D eigenvalue weighted by molar-refractivity contribution is 0.171. The molecule has 2 aliphatic rings. The van der Waals surface area contributed by atoms with Gasteiger partial charge in [0.05, 0.1) is 0 Å². The van der Waals surface area contributed by atoms with Gasteiger partial charge in [-0.15, -0.1) is 0 Å². The van der Waals surface area contributed by atoms with Gasteiger partial charge in [-0.25, -0.2) is 0 Å². The Morgan fingerprint density at radius 3 is 2.04 bits per heavy atom. The molecule has 0 spiro atoms. The van der Waals surface area contributed by atoms with Crippen molar-refractivity contribution in [2.45, 2.75) is 89.9 Å². The van der Waals surface area contributed by atoms with Crippen LogP contribution in [0.2, 0.25) is 0 Å². The van der Waals surface area contributed by atoms with Crippen molar-refractivity contribution in [3.8, 4) is 0 Å². The normalized spacial score (nSPS) is 29.9. The minimum absolute atomic E-state index is 0.823. The number of allylic oxidation sites excluding steroid dienone is 1. The Kier molecular flexibility index (Phi) is 8.30. The highest BCUT2D eigenvalue weighted by atomic mass is 79.9. The van der Waals surface area contributed by atoms with Gasteiger partial charge in [-0.2, -0.15) is 0 Å². The second-order valence-corrected chi connectivity index (χ2v) is 9.33. The standard InChI is InChI=1S/C25H37Br/c1-2-3-4-5-20-6-10-22(11-7-20)24-14-16-25(17-15-24)23-12-8-21(9-13-23)18-19-26/h6-7,10-11,18-19,21,23-25H,2-5,8-9,12-17H2,1H3/b19-18+/t21-,23-,24?,25?. The Bertz CT molecular complexity index is 528. The van der Waals surface area contributed by atoms with E-state index in [1.807, 2.05) is 0 Å². The fourth-order valence-corrected chi connectivity index (χ4v) is 5.80. The van der Waals surface area contributed by atoms with Crippen molar-refractivity contribution in [1.29, 1.82) is 0 Å². The quantitative estimate of drug-likeness (QED) is 0.391. The number of aryl methyl sites for hydroxylation is 1. The third-order valence-corrected chi connectivity index (χ3v) is 7.43. The average molecular weight is 417 g/mol. The molecule has 26 heavy (non-hydrogen) atoms. The van der Waals surface area contributed by atoms with E-state index in [2.05, 4.69) is 58.2 Å². The van der Waals surface area contributed by atoms with Crippen LogP contribution in [0.4, 0.5) is 0 Å². The smallest absolute Gasteiger partial charge is 0.0162 e. The summed E-state index contributed by atoms with van der Waals surface area (Å²) >= 11 is 3.44. The molecule has 1 aromatic carbocycles. The number of hydrogen-bond acceptors (Lipinski definition) is 0. The molecule has 1 aromatic rings. The Hall–Kier alpha value is -0.560. The molecule has 144 valence electrons. The van der Waals surface area contributed by atoms with Crippen LogP contribution in [0.5, 0.6) is 0 Å². The number of halogens is 1. The maximum Gasteiger partial charge on any atom is -0.0162 e. The fraction of sp³-hybridized carbons (Fsp3) is 0.680. The topological polar surface area (TPSA) is 0 Å². The molecule has 0 N–H and O–H groups in total. The van der Waals surface area contributed by atoms with Gasteiger partial charge in [0.1, 0.15) is 0 Å². The summed E-state index contributed by atoms with van der Waals surface area (Å²) in [6.07, 6.45) is 19.1. The monoisotopic (exact) mass is 416 g/mol. The van der Waals surface area contributed by atoms with Crippen LogP contribution < -0.4 is 0 Å². The highest BCUT2D eigenvalue weighted by molar-refractivity contribution is 9.11. The number of unbranched alkanes of at least 4 members (excludes halogenated alkanes) is 2. The summed E-state index contributed by atoms with van der Waals surface area (Å²) in [7, 11) is 0. The van der Waals surface area contributed by atoms with Crippen molar-refractivity contribution in [2.75, 3.05) is 0 Å². The SMILES string of the molecule is CCCCCc1ccc(C2CCC([C@H]3CC[C@H](/C=C/Br)CC3)CC2)cc1. The molecule has 0 unspecified atom stereocenters. The van der Waals surface area contributed by atoms with Gasteiger partial charge in [-0.05, 0) is 104 Å². The van der Waals surface area contributed by atoms with Gasteiger partial charge in [0.15, 0.2) is 0 Å². The molecule has 0 bridgehead atoms. The molecule has 0 amide bonds. The predicted molar refractivity (Wildman–Crippen MR) is 118 cm³/mol. The van der Waals surface area contributed by atoms with Gasteiger partial charge in [0.25, 0.3) is 0 Å². The maximum absolute atomic E-state index is 3.44. The molecule has 0 atom stereocenters. The molecule has 0 radical (unpaired) electrons. The summed E-state index contributed by atoms with van der Waals surface area (Å²) in [6, 6.07) is 9.67. The highest BCUT2D eigenvalue weighted by Gasteiger charge is 2.30. The first-order chi connectivity index (χ1) is 12.8. The molecule has 0 nitrogen and oxygen atoms in total. The maximum atomic E-state index is 3.44. The van der Waals surface area contributed by atoms with Crippen molar-refractivity contribution in [1.82, 2.24) is 0 Å². The molecule has 0 heterocycles. The van der Waals surface area contributed by atoms with Crippen LogP contribution in [0.25, 0.3) is 0 Å². The van der Waals surface area contributed by atoms with Crippen LogP contribution in [0.15, 0.2) is 35.3 Å². The fourth-order valence-electron chi connectivity index (χ4n) is 5.37. The van der Waals surface area contributed by atoms with Crippen molar-refractivity contribution >= 4 is 15.9 Å². The van der Waals surface area contributed by atoms with E-state index in [1.54, 1.807) is 5.56 Å². The molecular weight excluding hydrogens is 380 g/mol. The van der Waals surface area contributed by atoms with Crippen molar-refractivity contribution in [3.63, 3.8) is 0 Å². The second-order valence-electron chi connectivity index (χ2n) is 8.80. The zero-order valence-electron chi connectivity index (χ0n) is 16.6. The Morgan fingerprint density at radius 1 is 0.846 bits per heavy atom. The highest BCUT2D eigenvalue weighted by Crippen LogP contribution is 2.44. The summed E-state index contributed by atoms with van der Waals surface area (Å²) in [5.41, 5.74) is 3.14. The lowest BCUT2D eigenvalue weighted by Crippen LogP contribution is -2.25. The van der Waals surface area contributed by atoms with E-state index in [-0.39, 0.29) is 0 Å². The van der Waals surface area contributed by atoms with Gasteiger partial charge in [-0.3, -0.25) is 0 Å². The van der Waals surface area contributed by atoms with Gasteiger partial charge in [0.2, 0.25) is 0 Å². The summed E-state index contributed by atoms with van der Waals surface area (Å²) < 4.78 is 0. The molecule has 1 heteroatoms. The summed E-state index contributed by atoms with van der Waals surface area (Å²) in [5, 5.41) is 0. The van der Waals surface area contributed by atoms with Crippen LogP contribution in [0.1, 0.15) is 94.6 Å². The van der Waals surface area contributed by atoms with Crippen LogP contribution in [-0.2, 0) is 6.42 Å². The molecular formula is C25H37Br. The summed E-state index contributed by atoms with van der Waals surface area (Å²) in [5.74, 6) is 3.67. The lowest BCUT2D eigenvalue weighted by Gasteiger charge is -2.37. The van der Waals surface area contributed by atoms with E-state index in [0.29, 0.717) is 0 Å². The summed E-state index contributed by atoms with van der Waals surface area (Å²) in [4.78, 5) is 2.07. The first-order valence-corrected chi connectivity index (χ1v) is 12.1. The number of benzene rings is 1. The number of rotatable bonds is 7.